The minimum absolute atomic E-state index is 0.287. The van der Waals surface area contributed by atoms with Crippen molar-refractivity contribution in [2.24, 2.45) is 0 Å². The Balaban J connectivity index is 1.81. The number of ether oxygens (including phenoxy) is 1. The van der Waals surface area contributed by atoms with Crippen LogP contribution in [0.3, 0.4) is 0 Å². The van der Waals surface area contributed by atoms with Gasteiger partial charge in [0.2, 0.25) is 0 Å². The molecule has 0 saturated carbocycles. The lowest BCUT2D eigenvalue weighted by atomic mass is 9.94. The van der Waals surface area contributed by atoms with Crippen molar-refractivity contribution < 1.29 is 9.53 Å². The maximum Gasteiger partial charge on any atom is 0.415 e. The monoisotopic (exact) mass is 261 g/mol. The van der Waals surface area contributed by atoms with Gasteiger partial charge in [0.05, 0.1) is 6.54 Å². The third-order valence-corrected chi connectivity index (χ3v) is 3.84. The summed E-state index contributed by atoms with van der Waals surface area (Å²) in [6.45, 7) is 3.26. The lowest BCUT2D eigenvalue weighted by Crippen LogP contribution is -2.31. The van der Waals surface area contributed by atoms with Crippen molar-refractivity contribution in [2.75, 3.05) is 38.2 Å². The molecule has 0 unspecified atom stereocenters. The maximum atomic E-state index is 11.6. The molecule has 1 aromatic rings. The van der Waals surface area contributed by atoms with Crippen LogP contribution in [0.25, 0.3) is 0 Å². The average Bonchev–Trinajstić information content (AvgIpc) is 2.85. The van der Waals surface area contributed by atoms with E-state index in [-0.39, 0.29) is 6.09 Å². The van der Waals surface area contributed by atoms with Gasteiger partial charge in [0, 0.05) is 18.2 Å². The Morgan fingerprint density at radius 2 is 2.26 bits per heavy atom. The largest absolute Gasteiger partial charge is 0.447 e. The Labute approximate surface area is 113 Å². The first-order chi connectivity index (χ1) is 9.24. The molecule has 1 atom stereocenters. The predicted octanol–water partition coefficient (Wildman–Crippen LogP) is 1.85. The number of rotatable bonds is 2. The number of carbonyl (C=O) groups excluding carboxylic acids is 1. The van der Waals surface area contributed by atoms with Crippen molar-refractivity contribution in [3.05, 3.63) is 23.9 Å². The van der Waals surface area contributed by atoms with Gasteiger partial charge in [-0.3, -0.25) is 4.90 Å². The topological polar surface area (TPSA) is 45.7 Å². The molecule has 2 fully saturated rings. The van der Waals surface area contributed by atoms with Crippen LogP contribution in [0.1, 0.15) is 24.5 Å². The first-order valence-corrected chi connectivity index (χ1v) is 6.84. The van der Waals surface area contributed by atoms with Crippen LogP contribution in [0.15, 0.2) is 18.2 Å². The molecular weight excluding hydrogens is 242 g/mol. The van der Waals surface area contributed by atoms with Crippen molar-refractivity contribution in [1.29, 1.82) is 0 Å². The van der Waals surface area contributed by atoms with E-state index in [9.17, 15) is 4.79 Å². The fraction of sp³-hybridized carbons (Fsp3) is 0.571. The Morgan fingerprint density at radius 1 is 1.37 bits per heavy atom. The standard InChI is InChI=1S/C14H19N3O2/c1-16-7-3-4-11(10-16)12-5-2-6-13(15-12)17-8-9-19-14(17)18/h2,5-6,11H,3-4,7-10H2,1H3/t11-/m1/s1. The highest BCUT2D eigenvalue weighted by molar-refractivity contribution is 5.88. The molecule has 0 N–H and O–H groups in total. The van der Waals surface area contributed by atoms with Crippen LogP contribution in [0.5, 0.6) is 0 Å². The summed E-state index contributed by atoms with van der Waals surface area (Å²) in [5.74, 6) is 1.19. The minimum Gasteiger partial charge on any atom is -0.447 e. The summed E-state index contributed by atoms with van der Waals surface area (Å²) in [5, 5.41) is 0. The van der Waals surface area contributed by atoms with E-state index in [0.29, 0.717) is 24.9 Å². The molecule has 5 nitrogen and oxygen atoms in total. The molecule has 2 saturated heterocycles. The number of aromatic nitrogens is 1. The maximum absolute atomic E-state index is 11.6. The molecule has 0 radical (unpaired) electrons. The van der Waals surface area contributed by atoms with Gasteiger partial charge in [0.15, 0.2) is 0 Å². The van der Waals surface area contributed by atoms with E-state index in [4.69, 9.17) is 4.74 Å². The zero-order valence-electron chi connectivity index (χ0n) is 11.2. The summed E-state index contributed by atoms with van der Waals surface area (Å²) in [5.41, 5.74) is 1.09. The second kappa shape index (κ2) is 5.17. The van der Waals surface area contributed by atoms with Gasteiger partial charge in [-0.25, -0.2) is 9.78 Å². The Morgan fingerprint density at radius 3 is 3.00 bits per heavy atom. The minimum atomic E-state index is -0.287. The smallest absolute Gasteiger partial charge is 0.415 e. The molecule has 5 heteroatoms. The molecule has 0 spiro atoms. The zero-order valence-corrected chi connectivity index (χ0v) is 11.2. The number of nitrogens with zero attached hydrogens (tertiary/aromatic N) is 3. The zero-order chi connectivity index (χ0) is 13.2. The summed E-state index contributed by atoms with van der Waals surface area (Å²) < 4.78 is 4.96. The van der Waals surface area contributed by atoms with Gasteiger partial charge in [-0.15, -0.1) is 0 Å². The predicted molar refractivity (Wildman–Crippen MR) is 72.4 cm³/mol. The summed E-state index contributed by atoms with van der Waals surface area (Å²) >= 11 is 0. The molecule has 102 valence electrons. The second-order valence-corrected chi connectivity index (χ2v) is 5.29. The van der Waals surface area contributed by atoms with Crippen LogP contribution in [0, 0.1) is 0 Å². The van der Waals surface area contributed by atoms with Crippen molar-refractivity contribution in [3.63, 3.8) is 0 Å². The van der Waals surface area contributed by atoms with E-state index >= 15 is 0 Å². The fourth-order valence-corrected chi connectivity index (χ4v) is 2.83. The van der Waals surface area contributed by atoms with E-state index in [1.54, 1.807) is 4.90 Å². The number of pyridine rings is 1. The van der Waals surface area contributed by atoms with Crippen molar-refractivity contribution in [2.45, 2.75) is 18.8 Å². The first kappa shape index (κ1) is 12.4. The van der Waals surface area contributed by atoms with Gasteiger partial charge in [-0.1, -0.05) is 6.07 Å². The summed E-state index contributed by atoms with van der Waals surface area (Å²) in [6, 6.07) is 5.93. The number of hydrogen-bond donors (Lipinski definition) is 0. The number of cyclic esters (lactones) is 1. The molecular formula is C14H19N3O2. The molecule has 0 aliphatic carbocycles. The molecule has 0 bridgehead atoms. The summed E-state index contributed by atoms with van der Waals surface area (Å²) in [7, 11) is 2.15. The summed E-state index contributed by atoms with van der Waals surface area (Å²) in [6.07, 6.45) is 2.09. The molecule has 1 amide bonds. The molecule has 3 heterocycles. The van der Waals surface area contributed by atoms with Crippen molar-refractivity contribution >= 4 is 11.9 Å². The second-order valence-electron chi connectivity index (χ2n) is 5.29. The van der Waals surface area contributed by atoms with Gasteiger partial charge in [0.25, 0.3) is 0 Å². The third kappa shape index (κ3) is 2.56. The van der Waals surface area contributed by atoms with Gasteiger partial charge < -0.3 is 9.64 Å². The molecule has 1 aromatic heterocycles. The Bertz CT molecular complexity index is 478. The number of carbonyl (C=O) groups is 1. The SMILES string of the molecule is CN1CCC[C@@H](c2cccc(N3CCOC3=O)n2)C1. The Kier molecular flexibility index (Phi) is 3.38. The highest BCUT2D eigenvalue weighted by Gasteiger charge is 2.26. The third-order valence-electron chi connectivity index (χ3n) is 3.84. The summed E-state index contributed by atoms with van der Waals surface area (Å²) in [4.78, 5) is 20.2. The molecule has 2 aliphatic rings. The number of likely N-dealkylation sites (N-methyl/N-ethyl adjacent to an activating group) is 1. The molecule has 19 heavy (non-hydrogen) atoms. The first-order valence-electron chi connectivity index (χ1n) is 6.84. The quantitative estimate of drug-likeness (QED) is 0.815. The van der Waals surface area contributed by atoms with Crippen LogP contribution in [-0.4, -0.2) is 49.3 Å². The molecule has 0 aromatic carbocycles. The number of likely N-dealkylation sites (tertiary alicyclic amines) is 1. The van der Waals surface area contributed by atoms with E-state index in [2.05, 4.69) is 23.0 Å². The lowest BCUT2D eigenvalue weighted by Gasteiger charge is -2.29. The van der Waals surface area contributed by atoms with Crippen molar-refractivity contribution in [1.82, 2.24) is 9.88 Å². The van der Waals surface area contributed by atoms with Gasteiger partial charge in [0.1, 0.15) is 12.4 Å². The van der Waals surface area contributed by atoms with Crippen LogP contribution < -0.4 is 4.90 Å². The van der Waals surface area contributed by atoms with Gasteiger partial charge >= 0.3 is 6.09 Å². The molecule has 2 aliphatic heterocycles. The molecule has 3 rings (SSSR count). The highest BCUT2D eigenvalue weighted by atomic mass is 16.6. The van der Waals surface area contributed by atoms with Crippen LogP contribution in [0.2, 0.25) is 0 Å². The number of hydrogen-bond acceptors (Lipinski definition) is 4. The Hall–Kier alpha value is -1.62. The van der Waals surface area contributed by atoms with E-state index in [1.165, 1.54) is 12.8 Å². The van der Waals surface area contributed by atoms with Crippen LogP contribution in [0.4, 0.5) is 10.6 Å². The van der Waals surface area contributed by atoms with Crippen molar-refractivity contribution in [3.8, 4) is 0 Å². The number of amides is 1. The van der Waals surface area contributed by atoms with Gasteiger partial charge in [-0.05, 0) is 38.6 Å². The lowest BCUT2D eigenvalue weighted by molar-refractivity contribution is 0.181. The number of piperidine rings is 1. The van der Waals surface area contributed by atoms with E-state index < -0.39 is 0 Å². The van der Waals surface area contributed by atoms with Gasteiger partial charge in [-0.2, -0.15) is 0 Å². The van der Waals surface area contributed by atoms with Crippen LogP contribution in [-0.2, 0) is 4.74 Å². The van der Waals surface area contributed by atoms with E-state index in [0.717, 1.165) is 18.8 Å². The normalized spacial score (nSPS) is 24.6. The van der Waals surface area contributed by atoms with E-state index in [1.807, 2.05) is 12.1 Å². The van der Waals surface area contributed by atoms with Crippen LogP contribution >= 0.6 is 0 Å². The fourth-order valence-electron chi connectivity index (χ4n) is 2.83. The highest BCUT2D eigenvalue weighted by Crippen LogP contribution is 2.26. The number of anilines is 1. The average molecular weight is 261 g/mol.